The van der Waals surface area contributed by atoms with Crippen molar-refractivity contribution in [2.45, 2.75) is 284 Å². The molecule has 6 nitrogen and oxygen atoms in total. The molecule has 0 amide bonds. The minimum Gasteiger partial charge on any atom is -0.462 e. The van der Waals surface area contributed by atoms with Crippen LogP contribution in [0.5, 0.6) is 0 Å². The molecular weight excluding hydrogens is 829 g/mol. The molecule has 386 valence electrons. The van der Waals surface area contributed by atoms with E-state index in [2.05, 4.69) is 93.7 Å². The number of esters is 3. The van der Waals surface area contributed by atoms with Crippen molar-refractivity contribution in [1.29, 1.82) is 0 Å². The average molecular weight is 936 g/mol. The summed E-state index contributed by atoms with van der Waals surface area (Å²) in [5.41, 5.74) is 0. The summed E-state index contributed by atoms with van der Waals surface area (Å²) in [5.74, 6) is -0.959. The van der Waals surface area contributed by atoms with Crippen molar-refractivity contribution in [3.8, 4) is 0 Å². The van der Waals surface area contributed by atoms with Gasteiger partial charge in [-0.3, -0.25) is 14.4 Å². The maximum Gasteiger partial charge on any atom is 0.306 e. The van der Waals surface area contributed by atoms with Crippen LogP contribution < -0.4 is 0 Å². The summed E-state index contributed by atoms with van der Waals surface area (Å²) < 4.78 is 16.8. The maximum absolute atomic E-state index is 12.8. The van der Waals surface area contributed by atoms with Crippen molar-refractivity contribution < 1.29 is 28.6 Å². The molecule has 0 spiro atoms. The minimum atomic E-state index is -0.803. The van der Waals surface area contributed by atoms with Crippen LogP contribution in [0.4, 0.5) is 0 Å². The number of rotatable bonds is 51. The van der Waals surface area contributed by atoms with Gasteiger partial charge in [-0.15, -0.1) is 0 Å². The van der Waals surface area contributed by atoms with E-state index in [-0.39, 0.29) is 37.5 Å². The summed E-state index contributed by atoms with van der Waals surface area (Å²) in [5, 5.41) is 0. The highest BCUT2D eigenvalue weighted by molar-refractivity contribution is 5.71. The number of unbranched alkanes of at least 4 members (excludes halogenated alkanes) is 28. The van der Waals surface area contributed by atoms with Crippen LogP contribution in [0.2, 0.25) is 0 Å². The highest BCUT2D eigenvalue weighted by atomic mass is 16.6. The molecule has 0 aliphatic heterocycles. The lowest BCUT2D eigenvalue weighted by atomic mass is 10.0. The number of allylic oxidation sites excluding steroid dienone is 12. The first-order valence-corrected chi connectivity index (χ1v) is 28.4. The van der Waals surface area contributed by atoms with E-state index in [0.717, 1.165) is 96.3 Å². The van der Waals surface area contributed by atoms with E-state index >= 15 is 0 Å². The lowest BCUT2D eigenvalue weighted by Gasteiger charge is -2.18. The van der Waals surface area contributed by atoms with Crippen LogP contribution in [0.25, 0.3) is 0 Å². The van der Waals surface area contributed by atoms with Crippen molar-refractivity contribution in [2.24, 2.45) is 0 Å². The molecule has 0 rings (SSSR count). The average Bonchev–Trinajstić information content (AvgIpc) is 3.33. The molecule has 0 fully saturated rings. The van der Waals surface area contributed by atoms with Gasteiger partial charge in [-0.25, -0.2) is 0 Å². The first-order chi connectivity index (χ1) is 33.0. The van der Waals surface area contributed by atoms with E-state index < -0.39 is 6.10 Å². The zero-order valence-electron chi connectivity index (χ0n) is 44.2. The van der Waals surface area contributed by atoms with Crippen LogP contribution in [0.1, 0.15) is 278 Å². The van der Waals surface area contributed by atoms with Crippen LogP contribution in [0.3, 0.4) is 0 Å². The Kier molecular flexibility index (Phi) is 52.8. The van der Waals surface area contributed by atoms with Crippen molar-refractivity contribution in [2.75, 3.05) is 13.2 Å². The first-order valence-electron chi connectivity index (χ1n) is 28.4. The molecule has 0 saturated carbocycles. The van der Waals surface area contributed by atoms with Gasteiger partial charge < -0.3 is 14.2 Å². The lowest BCUT2D eigenvalue weighted by molar-refractivity contribution is -0.167. The summed E-state index contributed by atoms with van der Waals surface area (Å²) in [7, 11) is 0. The number of carbonyl (C=O) groups is 3. The summed E-state index contributed by atoms with van der Waals surface area (Å²) in [6.45, 7) is 6.49. The van der Waals surface area contributed by atoms with Gasteiger partial charge in [-0.1, -0.05) is 248 Å². The normalized spacial score (nSPS) is 12.6. The van der Waals surface area contributed by atoms with Crippen LogP contribution in [0, 0.1) is 0 Å². The molecule has 0 bridgehead atoms. The van der Waals surface area contributed by atoms with Gasteiger partial charge in [0.1, 0.15) is 13.2 Å². The van der Waals surface area contributed by atoms with Gasteiger partial charge in [0.25, 0.3) is 0 Å². The molecule has 0 N–H and O–H groups in total. The maximum atomic E-state index is 12.8. The summed E-state index contributed by atoms with van der Waals surface area (Å²) >= 11 is 0. The van der Waals surface area contributed by atoms with E-state index in [4.69, 9.17) is 14.2 Å². The second-order valence-corrected chi connectivity index (χ2v) is 18.8. The largest absolute Gasteiger partial charge is 0.462 e. The number of carbonyl (C=O) groups excluding carboxylic acids is 3. The molecular formula is C61H106O6. The number of hydrogen-bond acceptors (Lipinski definition) is 6. The minimum absolute atomic E-state index is 0.0960. The highest BCUT2D eigenvalue weighted by Gasteiger charge is 2.19. The fourth-order valence-corrected chi connectivity index (χ4v) is 7.94. The highest BCUT2D eigenvalue weighted by Crippen LogP contribution is 2.16. The predicted molar refractivity (Wildman–Crippen MR) is 288 cm³/mol. The second-order valence-electron chi connectivity index (χ2n) is 18.8. The van der Waals surface area contributed by atoms with E-state index in [1.54, 1.807) is 0 Å². The fourth-order valence-electron chi connectivity index (χ4n) is 7.94. The predicted octanol–water partition coefficient (Wildman–Crippen LogP) is 19.0. The number of ether oxygens (including phenoxy) is 3. The Morgan fingerprint density at radius 1 is 0.313 bits per heavy atom. The fraction of sp³-hybridized carbons (Fsp3) is 0.754. The molecule has 0 aromatic carbocycles. The first kappa shape index (κ1) is 63.8. The third kappa shape index (κ3) is 53.7. The second kappa shape index (κ2) is 55.4. The van der Waals surface area contributed by atoms with Crippen molar-refractivity contribution in [3.63, 3.8) is 0 Å². The quantitative estimate of drug-likeness (QED) is 0.0262. The van der Waals surface area contributed by atoms with Gasteiger partial charge in [-0.05, 0) is 83.5 Å². The molecule has 0 unspecified atom stereocenters. The van der Waals surface area contributed by atoms with Crippen molar-refractivity contribution in [1.82, 2.24) is 0 Å². The third-order valence-corrected chi connectivity index (χ3v) is 12.2. The molecule has 0 aliphatic rings. The van der Waals surface area contributed by atoms with Crippen LogP contribution in [-0.2, 0) is 28.6 Å². The summed E-state index contributed by atoms with van der Waals surface area (Å²) in [6, 6.07) is 0. The zero-order valence-corrected chi connectivity index (χ0v) is 44.2. The smallest absolute Gasteiger partial charge is 0.306 e. The van der Waals surface area contributed by atoms with Crippen molar-refractivity contribution in [3.05, 3.63) is 72.9 Å². The molecule has 0 aromatic heterocycles. The topological polar surface area (TPSA) is 78.9 Å². The Labute approximate surface area is 414 Å². The Morgan fingerprint density at radius 3 is 0.970 bits per heavy atom. The van der Waals surface area contributed by atoms with Crippen LogP contribution >= 0.6 is 0 Å². The SMILES string of the molecule is CC/C=C\C/C=C\C/C=C\CCCCCCCC(=O)O[C@H](COC(=O)CCC/C=C\C/C=C\C/C=C\CCCCCCCC)COC(=O)CCCCCCCCCCCCCCCCCCC. The Bertz CT molecular complexity index is 1260. The lowest BCUT2D eigenvalue weighted by Crippen LogP contribution is -2.30. The van der Waals surface area contributed by atoms with E-state index in [0.29, 0.717) is 19.3 Å². The van der Waals surface area contributed by atoms with Gasteiger partial charge in [0.05, 0.1) is 0 Å². The van der Waals surface area contributed by atoms with Gasteiger partial charge in [0.15, 0.2) is 6.10 Å². The summed E-state index contributed by atoms with van der Waals surface area (Å²) in [4.78, 5) is 38.1. The van der Waals surface area contributed by atoms with E-state index in [9.17, 15) is 14.4 Å². The van der Waals surface area contributed by atoms with Gasteiger partial charge in [0.2, 0.25) is 0 Å². The summed E-state index contributed by atoms with van der Waals surface area (Å²) in [6.07, 6.45) is 70.4. The molecule has 0 aromatic rings. The Morgan fingerprint density at radius 2 is 0.597 bits per heavy atom. The van der Waals surface area contributed by atoms with Crippen LogP contribution in [-0.4, -0.2) is 37.2 Å². The van der Waals surface area contributed by atoms with Gasteiger partial charge >= 0.3 is 17.9 Å². The van der Waals surface area contributed by atoms with E-state index in [1.807, 2.05) is 0 Å². The van der Waals surface area contributed by atoms with Crippen molar-refractivity contribution >= 4 is 17.9 Å². The standard InChI is InChI=1S/C61H106O6/c1-4-7-10-13-16-19-22-25-28-30-33-35-38-41-44-47-50-53-59(62)65-56-58(67-61(64)55-52-49-46-43-40-37-32-27-24-21-18-15-12-9-6-3)57-66-60(63)54-51-48-45-42-39-36-34-31-29-26-23-20-17-14-11-8-5-2/h9,12,18,21,25,27-28,32-33,35,41,44,58H,4-8,10-11,13-17,19-20,22-24,26,29-31,34,36-40,42-43,45-57H2,1-3H3/b12-9-,21-18-,28-25-,32-27-,35-33-,44-41-/t58-/m1/s1. The third-order valence-electron chi connectivity index (χ3n) is 12.2. The molecule has 0 heterocycles. The zero-order chi connectivity index (χ0) is 48.6. The van der Waals surface area contributed by atoms with Gasteiger partial charge in [-0.2, -0.15) is 0 Å². The monoisotopic (exact) mass is 935 g/mol. The number of hydrogen-bond donors (Lipinski definition) is 0. The Hall–Kier alpha value is -3.15. The van der Waals surface area contributed by atoms with E-state index in [1.165, 1.54) is 135 Å². The van der Waals surface area contributed by atoms with Crippen LogP contribution in [0.15, 0.2) is 72.9 Å². The molecule has 1 atom stereocenters. The molecule has 0 aliphatic carbocycles. The Balaban J connectivity index is 4.45. The molecule has 67 heavy (non-hydrogen) atoms. The molecule has 0 saturated heterocycles. The molecule has 0 radical (unpaired) electrons. The molecule has 6 heteroatoms. The van der Waals surface area contributed by atoms with Gasteiger partial charge in [0, 0.05) is 19.3 Å².